The standard InChI is InChI=1S/C17H11BrCl2N2O4/c1-25-12-3-2-4-13-9(12)5-14(26-13)17(24)22(15(23)6-18)16-10(19)7-21-8-11(16)20/h2-5,7-8H,6H2,1H3. The number of benzene rings is 1. The smallest absolute Gasteiger partial charge is 0.300 e. The van der Waals surface area contributed by atoms with Gasteiger partial charge in [-0.25, -0.2) is 4.90 Å². The maximum atomic E-state index is 13.0. The summed E-state index contributed by atoms with van der Waals surface area (Å²) in [6, 6.07) is 6.67. The van der Waals surface area contributed by atoms with Crippen LogP contribution in [0.3, 0.4) is 0 Å². The molecule has 0 atom stereocenters. The molecule has 1 aromatic carbocycles. The summed E-state index contributed by atoms with van der Waals surface area (Å²) < 4.78 is 10.9. The largest absolute Gasteiger partial charge is 0.496 e. The number of aromatic nitrogens is 1. The van der Waals surface area contributed by atoms with E-state index < -0.39 is 11.8 Å². The maximum absolute atomic E-state index is 13.0. The Bertz CT molecular complexity index is 985. The van der Waals surface area contributed by atoms with Crippen molar-refractivity contribution in [3.05, 3.63) is 52.5 Å². The highest BCUT2D eigenvalue weighted by Crippen LogP contribution is 2.35. The molecule has 3 aromatic rings. The zero-order chi connectivity index (χ0) is 18.8. The van der Waals surface area contributed by atoms with Gasteiger partial charge in [-0.1, -0.05) is 45.2 Å². The van der Waals surface area contributed by atoms with E-state index in [9.17, 15) is 9.59 Å². The van der Waals surface area contributed by atoms with E-state index in [2.05, 4.69) is 20.9 Å². The van der Waals surface area contributed by atoms with Gasteiger partial charge in [-0.2, -0.15) is 0 Å². The fourth-order valence-corrected chi connectivity index (χ4v) is 3.23. The van der Waals surface area contributed by atoms with E-state index in [0.29, 0.717) is 16.7 Å². The summed E-state index contributed by atoms with van der Waals surface area (Å²) in [6.45, 7) is 0. The van der Waals surface area contributed by atoms with Crippen molar-refractivity contribution in [3.8, 4) is 5.75 Å². The average molecular weight is 458 g/mol. The van der Waals surface area contributed by atoms with Crippen molar-refractivity contribution in [2.45, 2.75) is 0 Å². The molecule has 0 N–H and O–H groups in total. The molecule has 0 bridgehead atoms. The number of fused-ring (bicyclic) bond motifs is 1. The number of anilines is 1. The highest BCUT2D eigenvalue weighted by Gasteiger charge is 2.30. The molecule has 9 heteroatoms. The molecule has 26 heavy (non-hydrogen) atoms. The summed E-state index contributed by atoms with van der Waals surface area (Å²) in [7, 11) is 1.51. The highest BCUT2D eigenvalue weighted by molar-refractivity contribution is 9.09. The maximum Gasteiger partial charge on any atom is 0.300 e. The van der Waals surface area contributed by atoms with Crippen molar-refractivity contribution >= 4 is 67.6 Å². The van der Waals surface area contributed by atoms with Crippen molar-refractivity contribution < 1.29 is 18.7 Å². The first-order valence-electron chi connectivity index (χ1n) is 7.26. The van der Waals surface area contributed by atoms with Gasteiger partial charge in [0.25, 0.3) is 0 Å². The normalized spacial score (nSPS) is 10.8. The van der Waals surface area contributed by atoms with Gasteiger partial charge in [-0.3, -0.25) is 14.6 Å². The Labute approximate surface area is 166 Å². The zero-order valence-corrected chi connectivity index (χ0v) is 16.4. The number of ether oxygens (including phenoxy) is 1. The van der Waals surface area contributed by atoms with E-state index >= 15 is 0 Å². The van der Waals surface area contributed by atoms with Crippen LogP contribution >= 0.6 is 39.1 Å². The Morgan fingerprint density at radius 2 is 1.96 bits per heavy atom. The van der Waals surface area contributed by atoms with Crippen LogP contribution in [0.2, 0.25) is 10.0 Å². The number of hydrogen-bond donors (Lipinski definition) is 0. The minimum absolute atomic E-state index is 0.0465. The lowest BCUT2D eigenvalue weighted by Crippen LogP contribution is -2.38. The van der Waals surface area contributed by atoms with Gasteiger partial charge in [0.15, 0.2) is 5.76 Å². The van der Waals surface area contributed by atoms with Crippen molar-refractivity contribution in [2.75, 3.05) is 17.3 Å². The number of pyridine rings is 1. The summed E-state index contributed by atoms with van der Waals surface area (Å²) in [5.41, 5.74) is 0.496. The lowest BCUT2D eigenvalue weighted by Gasteiger charge is -2.20. The molecule has 2 heterocycles. The Hall–Kier alpha value is -2.09. The number of carbonyl (C=O) groups excluding carboxylic acids is 2. The number of imide groups is 1. The third-order valence-electron chi connectivity index (χ3n) is 3.57. The van der Waals surface area contributed by atoms with E-state index in [0.717, 1.165) is 4.90 Å². The quantitative estimate of drug-likeness (QED) is 0.530. The molecule has 3 rings (SSSR count). The molecule has 0 aliphatic heterocycles. The lowest BCUT2D eigenvalue weighted by molar-refractivity contribution is -0.115. The van der Waals surface area contributed by atoms with Crippen molar-refractivity contribution in [2.24, 2.45) is 0 Å². The Morgan fingerprint density at radius 1 is 1.27 bits per heavy atom. The first-order valence-corrected chi connectivity index (χ1v) is 9.14. The molecule has 0 aliphatic rings. The van der Waals surface area contributed by atoms with Gasteiger partial charge in [-0.15, -0.1) is 0 Å². The molecular formula is C17H11BrCl2N2O4. The van der Waals surface area contributed by atoms with Crippen LogP contribution in [0.15, 0.2) is 41.1 Å². The molecule has 0 spiro atoms. The molecule has 0 saturated carbocycles. The van der Waals surface area contributed by atoms with Crippen molar-refractivity contribution in [3.63, 3.8) is 0 Å². The molecule has 0 unspecified atom stereocenters. The average Bonchev–Trinajstić information content (AvgIpc) is 3.08. The van der Waals surface area contributed by atoms with Crippen LogP contribution in [0.5, 0.6) is 5.75 Å². The van der Waals surface area contributed by atoms with Gasteiger partial charge in [0.05, 0.1) is 33.6 Å². The van der Waals surface area contributed by atoms with Crippen LogP contribution in [0.25, 0.3) is 11.0 Å². The fraction of sp³-hybridized carbons (Fsp3) is 0.118. The summed E-state index contributed by atoms with van der Waals surface area (Å²) >= 11 is 15.3. The van der Waals surface area contributed by atoms with Gasteiger partial charge in [0, 0.05) is 18.5 Å². The molecule has 2 amide bonds. The Balaban J connectivity index is 2.14. The first kappa shape index (κ1) is 18.7. The van der Waals surface area contributed by atoms with Crippen LogP contribution in [0, 0.1) is 0 Å². The van der Waals surface area contributed by atoms with E-state index in [1.807, 2.05) is 0 Å². The number of nitrogens with zero attached hydrogens (tertiary/aromatic N) is 2. The second kappa shape index (κ2) is 7.65. The van der Waals surface area contributed by atoms with Crippen LogP contribution < -0.4 is 9.64 Å². The number of halogens is 3. The number of hydrogen-bond acceptors (Lipinski definition) is 5. The van der Waals surface area contributed by atoms with Crippen molar-refractivity contribution in [1.82, 2.24) is 4.98 Å². The van der Waals surface area contributed by atoms with E-state index in [1.54, 1.807) is 18.2 Å². The fourth-order valence-electron chi connectivity index (χ4n) is 2.45. The molecule has 2 aromatic heterocycles. The monoisotopic (exact) mass is 456 g/mol. The molecule has 0 aliphatic carbocycles. The van der Waals surface area contributed by atoms with Gasteiger partial charge >= 0.3 is 5.91 Å². The second-order valence-corrected chi connectivity index (χ2v) is 6.48. The molecule has 0 fully saturated rings. The van der Waals surface area contributed by atoms with Gasteiger partial charge in [0.2, 0.25) is 5.91 Å². The second-order valence-electron chi connectivity index (χ2n) is 5.10. The van der Waals surface area contributed by atoms with Crippen LogP contribution in [-0.4, -0.2) is 29.2 Å². The predicted octanol–water partition coefficient (Wildman–Crippen LogP) is 4.71. The Morgan fingerprint density at radius 3 is 2.58 bits per heavy atom. The van der Waals surface area contributed by atoms with E-state index in [1.165, 1.54) is 25.6 Å². The summed E-state index contributed by atoms with van der Waals surface area (Å²) in [6.07, 6.45) is 2.60. The lowest BCUT2D eigenvalue weighted by atomic mass is 10.2. The molecule has 6 nitrogen and oxygen atoms in total. The van der Waals surface area contributed by atoms with Crippen LogP contribution in [0.4, 0.5) is 5.69 Å². The summed E-state index contributed by atoms with van der Waals surface area (Å²) in [4.78, 5) is 30.2. The number of carbonyl (C=O) groups is 2. The van der Waals surface area contributed by atoms with Crippen LogP contribution in [-0.2, 0) is 4.79 Å². The zero-order valence-electron chi connectivity index (χ0n) is 13.3. The van der Waals surface area contributed by atoms with Gasteiger partial charge in [0.1, 0.15) is 11.3 Å². The number of rotatable bonds is 4. The van der Waals surface area contributed by atoms with Crippen molar-refractivity contribution in [1.29, 1.82) is 0 Å². The number of methoxy groups -OCH3 is 1. The molecular weight excluding hydrogens is 447 g/mol. The highest BCUT2D eigenvalue weighted by atomic mass is 79.9. The Kier molecular flexibility index (Phi) is 5.50. The molecule has 0 saturated heterocycles. The SMILES string of the molecule is COc1cccc2oc(C(=O)N(C(=O)CBr)c3c(Cl)cncc3Cl)cc12. The minimum Gasteiger partial charge on any atom is -0.496 e. The first-order chi connectivity index (χ1) is 12.5. The molecule has 134 valence electrons. The third-order valence-corrected chi connectivity index (χ3v) is 4.60. The topological polar surface area (TPSA) is 72.6 Å². The molecule has 0 radical (unpaired) electrons. The van der Waals surface area contributed by atoms with Gasteiger partial charge in [-0.05, 0) is 12.1 Å². The van der Waals surface area contributed by atoms with E-state index in [-0.39, 0.29) is 26.8 Å². The van der Waals surface area contributed by atoms with Crippen LogP contribution in [0.1, 0.15) is 10.6 Å². The number of furan rings is 1. The minimum atomic E-state index is -0.706. The summed E-state index contributed by atoms with van der Waals surface area (Å²) in [5.74, 6) is -0.772. The number of alkyl halides is 1. The predicted molar refractivity (Wildman–Crippen MR) is 103 cm³/mol. The number of amides is 2. The van der Waals surface area contributed by atoms with E-state index in [4.69, 9.17) is 32.4 Å². The third kappa shape index (κ3) is 3.30. The summed E-state index contributed by atoms with van der Waals surface area (Å²) in [5, 5.41) is 0.622. The van der Waals surface area contributed by atoms with Gasteiger partial charge < -0.3 is 9.15 Å².